The molecule has 0 heterocycles. The molecule has 0 aromatic rings. The number of quaternary nitrogens is 2. The molecule has 0 bridgehead atoms. The lowest BCUT2D eigenvalue weighted by Crippen LogP contribution is -3.00. The van der Waals surface area contributed by atoms with E-state index in [1.54, 1.807) is 0 Å². The van der Waals surface area contributed by atoms with Crippen molar-refractivity contribution in [3.63, 3.8) is 0 Å². The molecule has 0 aliphatic heterocycles. The molecule has 0 aromatic carbocycles. The molecule has 0 rings (SSSR count). The van der Waals surface area contributed by atoms with Crippen molar-refractivity contribution in [3.8, 4) is 0 Å². The molecule has 0 atom stereocenters. The molecule has 0 fully saturated rings. The van der Waals surface area contributed by atoms with Crippen LogP contribution < -0.4 is 48.0 Å². The van der Waals surface area contributed by atoms with Crippen LogP contribution in [0, 0.1) is 0 Å². The van der Waals surface area contributed by atoms with Gasteiger partial charge in [0, 0.05) is 6.42 Å². The minimum atomic E-state index is -0.675. The van der Waals surface area contributed by atoms with E-state index in [1.807, 2.05) is 0 Å². The number of aliphatic carboxylic acids is 1. The van der Waals surface area contributed by atoms with Gasteiger partial charge in [0.05, 0.1) is 61.3 Å². The van der Waals surface area contributed by atoms with Crippen molar-refractivity contribution in [1.82, 2.24) is 0 Å². The van der Waals surface area contributed by atoms with E-state index in [0.29, 0.717) is 6.42 Å². The van der Waals surface area contributed by atoms with Crippen molar-refractivity contribution in [3.05, 3.63) is 0 Å². The van der Waals surface area contributed by atoms with Crippen LogP contribution in [0.1, 0.15) is 64.2 Å². The Balaban J connectivity index is -0.00000242. The van der Waals surface area contributed by atoms with E-state index in [4.69, 9.17) is 5.11 Å². The predicted molar refractivity (Wildman–Crippen MR) is 98.5 cm³/mol. The van der Waals surface area contributed by atoms with Gasteiger partial charge in [-0.15, -0.1) is 0 Å². The molecule has 0 unspecified atom stereocenters. The lowest BCUT2D eigenvalue weighted by Gasteiger charge is -2.29. The fraction of sp³-hybridized carbons (Fsp3) is 0.947. The smallest absolute Gasteiger partial charge is 0.303 e. The number of unbranched alkanes of at least 4 members (excludes halogenated alkanes) is 7. The summed E-state index contributed by atoms with van der Waals surface area (Å²) in [5.74, 6) is -0.675. The summed E-state index contributed by atoms with van der Waals surface area (Å²) in [6.07, 6.45) is 11.9. The van der Waals surface area contributed by atoms with Gasteiger partial charge < -0.3 is 62.0 Å². The topological polar surface area (TPSA) is 37.3 Å². The highest BCUT2D eigenvalue weighted by molar-refractivity contribution is 5.66. The van der Waals surface area contributed by atoms with Gasteiger partial charge in [0.25, 0.3) is 0 Å². The maximum atomic E-state index is 10.6. The standard InChI is InChI=1S/C19H41N2O2.2HI/c1-20(2,3)16-12-10-8-6-7-9-11-13-17-21(4,5)18-14-15-19(22)23;;/h6-18H2,1-5H3;2*1H/q+1;;/p-1. The minimum absolute atomic E-state index is 0. The highest BCUT2D eigenvalue weighted by atomic mass is 127. The second-order valence-corrected chi connectivity index (χ2v) is 8.72. The van der Waals surface area contributed by atoms with E-state index < -0.39 is 5.97 Å². The van der Waals surface area contributed by atoms with Crippen LogP contribution in [-0.2, 0) is 4.79 Å². The van der Waals surface area contributed by atoms with Crippen molar-refractivity contribution in [2.75, 3.05) is 54.9 Å². The van der Waals surface area contributed by atoms with Crippen LogP contribution in [-0.4, -0.2) is 74.9 Å². The summed E-state index contributed by atoms with van der Waals surface area (Å²) in [4.78, 5) is 10.6. The first kappa shape index (κ1) is 30.6. The molecule has 0 spiro atoms. The fourth-order valence-corrected chi connectivity index (χ4v) is 2.96. The monoisotopic (exact) mass is 584 g/mol. The number of halogens is 2. The molecule has 1 N–H and O–H groups in total. The van der Waals surface area contributed by atoms with E-state index in [-0.39, 0.29) is 48.0 Å². The molecule has 0 aromatic heterocycles. The zero-order valence-electron chi connectivity index (χ0n) is 17.2. The Morgan fingerprint density at radius 1 is 0.640 bits per heavy atom. The van der Waals surface area contributed by atoms with Crippen LogP contribution in [0.4, 0.5) is 0 Å². The normalized spacial score (nSPS) is 11.6. The van der Waals surface area contributed by atoms with Gasteiger partial charge in [0.1, 0.15) is 0 Å². The molecule has 0 amide bonds. The zero-order valence-corrected chi connectivity index (χ0v) is 21.5. The summed E-state index contributed by atoms with van der Waals surface area (Å²) in [7, 11) is 11.2. The number of carboxylic acid groups (broad SMARTS) is 1. The highest BCUT2D eigenvalue weighted by Gasteiger charge is 2.14. The first-order valence-electron chi connectivity index (χ1n) is 9.47. The van der Waals surface area contributed by atoms with E-state index in [0.717, 1.165) is 21.9 Å². The van der Waals surface area contributed by atoms with Gasteiger partial charge in [-0.3, -0.25) is 4.79 Å². The predicted octanol–water partition coefficient (Wildman–Crippen LogP) is -2.24. The van der Waals surface area contributed by atoms with Gasteiger partial charge in [0.2, 0.25) is 0 Å². The Hall–Kier alpha value is 0.850. The van der Waals surface area contributed by atoms with Crippen LogP contribution in [0.15, 0.2) is 0 Å². The van der Waals surface area contributed by atoms with Crippen LogP contribution in [0.25, 0.3) is 0 Å². The van der Waals surface area contributed by atoms with Crippen molar-refractivity contribution < 1.29 is 66.8 Å². The van der Waals surface area contributed by atoms with Crippen molar-refractivity contribution in [2.24, 2.45) is 0 Å². The summed E-state index contributed by atoms with van der Waals surface area (Å²) in [5.41, 5.74) is 0. The maximum Gasteiger partial charge on any atom is 0.303 e. The quantitative estimate of drug-likeness (QED) is 0.135. The number of hydrogen-bond acceptors (Lipinski definition) is 1. The Morgan fingerprint density at radius 3 is 1.40 bits per heavy atom. The van der Waals surface area contributed by atoms with E-state index in [9.17, 15) is 4.79 Å². The number of carboxylic acids is 1. The van der Waals surface area contributed by atoms with Crippen LogP contribution in [0.3, 0.4) is 0 Å². The van der Waals surface area contributed by atoms with Crippen molar-refractivity contribution in [1.29, 1.82) is 0 Å². The Morgan fingerprint density at radius 2 is 1.00 bits per heavy atom. The average molecular weight is 584 g/mol. The molecule has 4 nitrogen and oxygen atoms in total. The van der Waals surface area contributed by atoms with Gasteiger partial charge in [-0.05, 0) is 25.7 Å². The third-order valence-electron chi connectivity index (χ3n) is 4.50. The first-order valence-corrected chi connectivity index (χ1v) is 9.47. The maximum absolute atomic E-state index is 10.6. The average Bonchev–Trinajstić information content (AvgIpc) is 2.39. The molecule has 0 saturated carbocycles. The second-order valence-electron chi connectivity index (χ2n) is 8.72. The van der Waals surface area contributed by atoms with Crippen LogP contribution in [0.5, 0.6) is 0 Å². The Kier molecular flexibility index (Phi) is 20.8. The van der Waals surface area contributed by atoms with Gasteiger partial charge in [-0.2, -0.15) is 0 Å². The Labute approximate surface area is 190 Å². The lowest BCUT2D eigenvalue weighted by atomic mass is 10.1. The number of hydrogen-bond donors (Lipinski definition) is 1. The minimum Gasteiger partial charge on any atom is -1.00 e. The Bertz CT molecular complexity index is 319. The third-order valence-corrected chi connectivity index (χ3v) is 4.50. The molecular weight excluding hydrogens is 542 g/mol. The number of carbonyl (C=O) groups is 1. The first-order chi connectivity index (χ1) is 10.6. The molecule has 6 heteroatoms. The van der Waals surface area contributed by atoms with Crippen molar-refractivity contribution in [2.45, 2.75) is 64.2 Å². The summed E-state index contributed by atoms with van der Waals surface area (Å²) >= 11 is 0. The van der Waals surface area contributed by atoms with Crippen LogP contribution in [0.2, 0.25) is 0 Å². The molecular formula is C19H42I2N2O2. The fourth-order valence-electron chi connectivity index (χ4n) is 2.96. The third kappa shape index (κ3) is 24.9. The van der Waals surface area contributed by atoms with Gasteiger partial charge in [-0.25, -0.2) is 0 Å². The second kappa shape index (κ2) is 17.0. The van der Waals surface area contributed by atoms with E-state index in [1.165, 1.54) is 64.5 Å². The molecule has 0 saturated heterocycles. The highest BCUT2D eigenvalue weighted by Crippen LogP contribution is 2.11. The molecule has 154 valence electrons. The van der Waals surface area contributed by atoms with E-state index >= 15 is 0 Å². The molecule has 25 heavy (non-hydrogen) atoms. The number of rotatable bonds is 15. The van der Waals surface area contributed by atoms with E-state index in [2.05, 4.69) is 35.2 Å². The number of nitrogens with zero attached hydrogens (tertiary/aromatic N) is 2. The largest absolute Gasteiger partial charge is 1.00 e. The van der Waals surface area contributed by atoms with Gasteiger partial charge in [-0.1, -0.05) is 25.7 Å². The lowest BCUT2D eigenvalue weighted by molar-refractivity contribution is -0.890. The molecule has 0 aliphatic carbocycles. The zero-order chi connectivity index (χ0) is 17.8. The summed E-state index contributed by atoms with van der Waals surface area (Å²) in [6, 6.07) is 0. The SMILES string of the molecule is C[N+](C)(C)CCCCCCCCCC[N+](C)(C)CCCC(=O)O.[I-].[I-]. The van der Waals surface area contributed by atoms with Gasteiger partial charge >= 0.3 is 5.97 Å². The van der Waals surface area contributed by atoms with Crippen LogP contribution >= 0.6 is 0 Å². The summed E-state index contributed by atoms with van der Waals surface area (Å²) in [5, 5.41) is 8.69. The van der Waals surface area contributed by atoms with Gasteiger partial charge in [0.15, 0.2) is 0 Å². The molecule has 0 radical (unpaired) electrons. The summed E-state index contributed by atoms with van der Waals surface area (Å²) in [6.45, 7) is 3.43. The summed E-state index contributed by atoms with van der Waals surface area (Å²) < 4.78 is 2.04. The van der Waals surface area contributed by atoms with Crippen molar-refractivity contribution >= 4 is 5.97 Å². The molecule has 0 aliphatic rings.